The van der Waals surface area contributed by atoms with E-state index in [-0.39, 0.29) is 0 Å². The third kappa shape index (κ3) is 0.939. The molecule has 0 aliphatic rings. The zero-order chi connectivity index (χ0) is 7.56. The maximum atomic E-state index is 8.45. The molecule has 1 N–H and O–H groups in total. The summed E-state index contributed by atoms with van der Waals surface area (Å²) in [5, 5.41) is 10.2. The minimum absolute atomic E-state index is 0.568. The summed E-state index contributed by atoms with van der Waals surface area (Å²) >= 11 is 0. The molecule has 1 rings (SSSR count). The number of nitrogens with zero attached hydrogens (tertiary/aromatic N) is 1. The van der Waals surface area contributed by atoms with Crippen LogP contribution in [0.3, 0.4) is 0 Å². The van der Waals surface area contributed by atoms with Crippen molar-refractivity contribution in [1.29, 1.82) is 5.26 Å². The summed E-state index contributed by atoms with van der Waals surface area (Å²) in [5.74, 6) is 0. The molecule has 0 radical (unpaired) electrons. The van der Waals surface area contributed by atoms with Gasteiger partial charge in [-0.05, 0) is 18.2 Å². The van der Waals surface area contributed by atoms with E-state index in [1.165, 1.54) is 0 Å². The molecular weight excluding hydrogens is 124 g/mol. The Morgan fingerprint density at radius 3 is 2.80 bits per heavy atom. The van der Waals surface area contributed by atoms with Gasteiger partial charge in [0.1, 0.15) is 11.8 Å². The van der Waals surface area contributed by atoms with Crippen LogP contribution in [0.5, 0.6) is 0 Å². The van der Waals surface area contributed by atoms with Crippen molar-refractivity contribution < 1.29 is 0 Å². The smallest absolute Gasteiger partial charge is 0.118 e. The van der Waals surface area contributed by atoms with E-state index in [0.29, 0.717) is 5.69 Å². The van der Waals surface area contributed by atoms with Crippen molar-refractivity contribution in [3.8, 4) is 6.07 Å². The molecule has 50 valence electrons. The van der Waals surface area contributed by atoms with Gasteiger partial charge in [-0.1, -0.05) is 12.7 Å². The van der Waals surface area contributed by atoms with Crippen LogP contribution in [0.15, 0.2) is 6.07 Å². The fraction of sp³-hybridized carbons (Fsp3) is 0.125. The van der Waals surface area contributed by atoms with Gasteiger partial charge in [0.2, 0.25) is 0 Å². The van der Waals surface area contributed by atoms with E-state index >= 15 is 0 Å². The Morgan fingerprint density at radius 2 is 2.50 bits per heavy atom. The summed E-state index contributed by atoms with van der Waals surface area (Å²) in [6.45, 7) is 5.64. The van der Waals surface area contributed by atoms with Crippen molar-refractivity contribution in [2.45, 2.75) is 6.92 Å². The molecule has 0 aliphatic heterocycles. The number of hydrogen-bond donors (Lipinski definition) is 1. The summed E-state index contributed by atoms with van der Waals surface area (Å²) in [6.07, 6.45) is 1.92. The second-order valence-corrected chi connectivity index (χ2v) is 2.02. The van der Waals surface area contributed by atoms with Gasteiger partial charge in [-0.25, -0.2) is 0 Å². The molecule has 0 fully saturated rings. The highest BCUT2D eigenvalue weighted by Gasteiger charge is 1.89. The van der Waals surface area contributed by atoms with E-state index in [2.05, 4.69) is 11.6 Å². The van der Waals surface area contributed by atoms with Gasteiger partial charge < -0.3 is 4.98 Å². The fourth-order valence-corrected chi connectivity index (χ4v) is 0.831. The van der Waals surface area contributed by atoms with Crippen molar-refractivity contribution in [2.24, 2.45) is 0 Å². The predicted molar refractivity (Wildman–Crippen MR) is 40.4 cm³/mol. The Hall–Kier alpha value is -1.49. The van der Waals surface area contributed by atoms with Crippen LogP contribution in [-0.2, 0) is 0 Å². The third-order valence-corrected chi connectivity index (χ3v) is 1.37. The number of rotatable bonds is 0. The van der Waals surface area contributed by atoms with Crippen molar-refractivity contribution >= 4 is 12.7 Å². The molecule has 2 heteroatoms. The van der Waals surface area contributed by atoms with E-state index in [1.807, 2.05) is 19.1 Å². The predicted octanol–water partition coefficient (Wildman–Crippen LogP) is 0.0971. The molecular formula is C8H8N2. The zero-order valence-corrected chi connectivity index (χ0v) is 5.81. The Morgan fingerprint density at radius 1 is 1.80 bits per heavy atom. The summed E-state index contributed by atoms with van der Waals surface area (Å²) in [5.41, 5.74) is 0.568. The van der Waals surface area contributed by atoms with Crippen LogP contribution in [0.4, 0.5) is 0 Å². The molecule has 0 spiro atoms. The summed E-state index contributed by atoms with van der Waals surface area (Å²) in [6, 6.07) is 3.79. The van der Waals surface area contributed by atoms with E-state index < -0.39 is 0 Å². The van der Waals surface area contributed by atoms with E-state index in [9.17, 15) is 0 Å². The molecule has 1 aromatic heterocycles. The highest BCUT2D eigenvalue weighted by molar-refractivity contribution is 5.29. The van der Waals surface area contributed by atoms with E-state index in [0.717, 1.165) is 10.6 Å². The number of nitrogens with one attached hydrogen (secondary N) is 1. The van der Waals surface area contributed by atoms with Gasteiger partial charge in [0.15, 0.2) is 0 Å². The molecule has 0 saturated heterocycles. The van der Waals surface area contributed by atoms with E-state index in [4.69, 9.17) is 5.26 Å². The Bertz CT molecular complexity index is 365. The van der Waals surface area contributed by atoms with Crippen LogP contribution < -0.4 is 10.6 Å². The summed E-state index contributed by atoms with van der Waals surface area (Å²) < 4.78 is 0. The van der Waals surface area contributed by atoms with Crippen molar-refractivity contribution in [1.82, 2.24) is 4.98 Å². The van der Waals surface area contributed by atoms with Crippen molar-refractivity contribution in [3.63, 3.8) is 0 Å². The number of H-pyrrole nitrogens is 1. The molecule has 0 atom stereocenters. The van der Waals surface area contributed by atoms with Gasteiger partial charge in [0.25, 0.3) is 0 Å². The minimum Gasteiger partial charge on any atom is -0.347 e. The van der Waals surface area contributed by atoms with Crippen LogP contribution >= 0.6 is 0 Å². The van der Waals surface area contributed by atoms with Gasteiger partial charge >= 0.3 is 0 Å². The van der Waals surface area contributed by atoms with Gasteiger partial charge in [-0.3, -0.25) is 0 Å². The lowest BCUT2D eigenvalue weighted by Crippen LogP contribution is -2.18. The maximum absolute atomic E-state index is 8.45. The van der Waals surface area contributed by atoms with Crippen molar-refractivity contribution in [3.05, 3.63) is 22.3 Å². The molecule has 0 unspecified atom stereocenters. The van der Waals surface area contributed by atoms with Crippen LogP contribution in [0, 0.1) is 11.3 Å². The lowest BCUT2D eigenvalue weighted by atomic mass is 10.4. The van der Waals surface area contributed by atoms with Crippen molar-refractivity contribution in [2.75, 3.05) is 0 Å². The van der Waals surface area contributed by atoms with Gasteiger partial charge in [0, 0.05) is 5.35 Å². The van der Waals surface area contributed by atoms with Crippen LogP contribution in [0.1, 0.15) is 12.6 Å². The first-order valence-electron chi connectivity index (χ1n) is 3.02. The first-order chi connectivity index (χ1) is 4.77. The quantitative estimate of drug-likeness (QED) is 0.534. The van der Waals surface area contributed by atoms with Crippen LogP contribution in [0.2, 0.25) is 0 Å². The largest absolute Gasteiger partial charge is 0.347 e. The van der Waals surface area contributed by atoms with Gasteiger partial charge in [-0.15, -0.1) is 0 Å². The van der Waals surface area contributed by atoms with Crippen LogP contribution in [0.25, 0.3) is 12.7 Å². The Labute approximate surface area is 59.1 Å². The molecule has 0 bridgehead atoms. The van der Waals surface area contributed by atoms with Crippen LogP contribution in [-0.4, -0.2) is 4.98 Å². The molecule has 0 aromatic carbocycles. The molecule has 1 heterocycles. The molecule has 2 nitrogen and oxygen atoms in total. The highest BCUT2D eigenvalue weighted by Crippen LogP contribution is 1.78. The zero-order valence-electron chi connectivity index (χ0n) is 5.81. The number of aromatic amines is 1. The molecule has 0 aliphatic carbocycles. The Kier molecular flexibility index (Phi) is 1.59. The number of aromatic nitrogens is 1. The first-order valence-corrected chi connectivity index (χ1v) is 3.02. The topological polar surface area (TPSA) is 39.6 Å². The molecule has 1 aromatic rings. The average molecular weight is 132 g/mol. The molecule has 0 saturated carbocycles. The van der Waals surface area contributed by atoms with E-state index in [1.54, 1.807) is 6.07 Å². The second-order valence-electron chi connectivity index (χ2n) is 2.02. The third-order valence-electron chi connectivity index (χ3n) is 1.37. The molecule has 0 amide bonds. The average Bonchev–Trinajstić information content (AvgIpc) is 2.30. The monoisotopic (exact) mass is 132 g/mol. The SMILES string of the molecule is C=c1[nH]c(C#N)c/c1=C/C. The maximum Gasteiger partial charge on any atom is 0.118 e. The molecule has 10 heavy (non-hydrogen) atoms. The first kappa shape index (κ1) is 6.63. The number of hydrogen-bond acceptors (Lipinski definition) is 1. The van der Waals surface area contributed by atoms with Gasteiger partial charge in [-0.2, -0.15) is 5.26 Å². The normalized spacial score (nSPS) is 11.4. The summed E-state index contributed by atoms with van der Waals surface area (Å²) in [7, 11) is 0. The highest BCUT2D eigenvalue weighted by atomic mass is 14.7. The minimum atomic E-state index is 0.568. The summed E-state index contributed by atoms with van der Waals surface area (Å²) in [4.78, 5) is 2.84. The fourth-order valence-electron chi connectivity index (χ4n) is 0.831. The Balaban J connectivity index is 3.49. The standard InChI is InChI=1S/C8H8N2/c1-3-7-4-8(5-9)10-6(7)2/h3-4,10H,2H2,1H3/b7-3-. The number of nitriles is 1. The lowest BCUT2D eigenvalue weighted by molar-refractivity contribution is 1.28. The lowest BCUT2D eigenvalue weighted by Gasteiger charge is -1.69. The second kappa shape index (κ2) is 2.40. The van der Waals surface area contributed by atoms with Gasteiger partial charge in [0.05, 0.1) is 0 Å².